The van der Waals surface area contributed by atoms with Gasteiger partial charge in [-0.25, -0.2) is 8.42 Å². The number of nitrogen functional groups attached to an aromatic ring is 1. The molecule has 0 bridgehead atoms. The Kier molecular flexibility index (Phi) is 5.03. The van der Waals surface area contributed by atoms with Crippen molar-refractivity contribution in [2.24, 2.45) is 0 Å². The highest BCUT2D eigenvalue weighted by Gasteiger charge is 2.27. The van der Waals surface area contributed by atoms with Crippen molar-refractivity contribution in [2.45, 2.75) is 4.90 Å². The van der Waals surface area contributed by atoms with Crippen LogP contribution >= 0.6 is 23.2 Å². The molecule has 0 saturated carbocycles. The van der Waals surface area contributed by atoms with E-state index < -0.39 is 22.5 Å². The van der Waals surface area contributed by atoms with Crippen LogP contribution in [0.3, 0.4) is 0 Å². The SMILES string of the molecule is COC(=O)CN(C)S(=O)(=O)c1ccc(Cl)c(N)c1Cl. The molecule has 0 radical (unpaired) electrons. The topological polar surface area (TPSA) is 89.7 Å². The lowest BCUT2D eigenvalue weighted by molar-refractivity contribution is -0.140. The summed E-state index contributed by atoms with van der Waals surface area (Å²) in [5.74, 6) is -0.691. The van der Waals surface area contributed by atoms with E-state index in [0.29, 0.717) is 0 Å². The minimum absolute atomic E-state index is 0.0316. The van der Waals surface area contributed by atoms with Crippen LogP contribution in [0.5, 0.6) is 0 Å². The third-order valence-electron chi connectivity index (χ3n) is 2.36. The molecule has 9 heteroatoms. The van der Waals surface area contributed by atoms with Gasteiger partial charge in [0, 0.05) is 7.05 Å². The zero-order valence-electron chi connectivity index (χ0n) is 10.2. The number of esters is 1. The third kappa shape index (κ3) is 3.30. The Morgan fingerprint density at radius 3 is 2.53 bits per heavy atom. The Hall–Kier alpha value is -1.02. The van der Waals surface area contributed by atoms with E-state index >= 15 is 0 Å². The highest BCUT2D eigenvalue weighted by Crippen LogP contribution is 2.34. The molecule has 1 rings (SSSR count). The summed E-state index contributed by atoms with van der Waals surface area (Å²) in [6, 6.07) is 2.55. The first kappa shape index (κ1) is 16.0. The summed E-state index contributed by atoms with van der Waals surface area (Å²) in [4.78, 5) is 10.9. The van der Waals surface area contributed by atoms with E-state index in [1.54, 1.807) is 0 Å². The fourth-order valence-corrected chi connectivity index (χ4v) is 3.10. The summed E-state index contributed by atoms with van der Waals surface area (Å²) in [6.45, 7) is -0.433. The van der Waals surface area contributed by atoms with Crippen molar-refractivity contribution in [3.8, 4) is 0 Å². The van der Waals surface area contributed by atoms with E-state index in [4.69, 9.17) is 28.9 Å². The average molecular weight is 327 g/mol. The molecule has 0 aliphatic rings. The van der Waals surface area contributed by atoms with Gasteiger partial charge >= 0.3 is 5.97 Å². The van der Waals surface area contributed by atoms with E-state index in [0.717, 1.165) is 11.4 Å². The number of methoxy groups -OCH3 is 1. The van der Waals surface area contributed by atoms with Crippen LogP contribution in [-0.2, 0) is 19.6 Å². The number of carbonyl (C=O) groups is 1. The van der Waals surface area contributed by atoms with Gasteiger partial charge in [0.05, 0.1) is 22.8 Å². The van der Waals surface area contributed by atoms with Crippen LogP contribution in [0.25, 0.3) is 0 Å². The van der Waals surface area contributed by atoms with Crippen molar-refractivity contribution in [2.75, 3.05) is 26.4 Å². The molecule has 0 aliphatic carbocycles. The minimum Gasteiger partial charge on any atom is -0.468 e. The van der Waals surface area contributed by atoms with Gasteiger partial charge in [-0.1, -0.05) is 23.2 Å². The van der Waals surface area contributed by atoms with Crippen LogP contribution in [0.4, 0.5) is 5.69 Å². The molecular formula is C10H12Cl2N2O4S. The lowest BCUT2D eigenvalue weighted by atomic mass is 10.3. The number of benzene rings is 1. The molecule has 0 heterocycles. The molecular weight excluding hydrogens is 315 g/mol. The van der Waals surface area contributed by atoms with Gasteiger partial charge in [-0.3, -0.25) is 4.79 Å². The van der Waals surface area contributed by atoms with E-state index in [1.807, 2.05) is 0 Å². The molecule has 0 aromatic heterocycles. The summed E-state index contributed by atoms with van der Waals surface area (Å²) in [5, 5.41) is -0.0243. The van der Waals surface area contributed by atoms with Gasteiger partial charge in [-0.05, 0) is 12.1 Å². The fourth-order valence-electron chi connectivity index (χ4n) is 1.25. The van der Waals surface area contributed by atoms with Crippen molar-refractivity contribution in [3.05, 3.63) is 22.2 Å². The molecule has 1 aromatic carbocycles. The molecule has 19 heavy (non-hydrogen) atoms. The number of hydrogen-bond acceptors (Lipinski definition) is 5. The second-order valence-corrected chi connectivity index (χ2v) is 6.41. The predicted octanol–water partition coefficient (Wildman–Crippen LogP) is 1.37. The van der Waals surface area contributed by atoms with Gasteiger partial charge in [0.25, 0.3) is 0 Å². The minimum atomic E-state index is -3.95. The molecule has 0 atom stereocenters. The largest absolute Gasteiger partial charge is 0.468 e. The molecule has 0 unspecified atom stereocenters. The first-order valence-corrected chi connectivity index (χ1v) is 7.18. The quantitative estimate of drug-likeness (QED) is 0.666. The molecule has 0 spiro atoms. The Labute approximate surface area is 121 Å². The summed E-state index contributed by atoms with van der Waals surface area (Å²) >= 11 is 11.6. The van der Waals surface area contributed by atoms with Crippen molar-refractivity contribution in [1.82, 2.24) is 4.31 Å². The van der Waals surface area contributed by atoms with Gasteiger partial charge in [0.15, 0.2) is 0 Å². The molecule has 6 nitrogen and oxygen atoms in total. The Balaban J connectivity index is 3.21. The highest BCUT2D eigenvalue weighted by molar-refractivity contribution is 7.89. The van der Waals surface area contributed by atoms with Gasteiger partial charge < -0.3 is 10.5 Å². The average Bonchev–Trinajstić information content (AvgIpc) is 2.35. The molecule has 0 saturated heterocycles. The van der Waals surface area contributed by atoms with E-state index in [2.05, 4.69) is 4.74 Å². The summed E-state index contributed by atoms with van der Waals surface area (Å²) in [7, 11) is -1.56. The smallest absolute Gasteiger partial charge is 0.321 e. The maximum absolute atomic E-state index is 12.2. The second kappa shape index (κ2) is 5.96. The third-order valence-corrected chi connectivity index (χ3v) is 5.05. The zero-order valence-corrected chi connectivity index (χ0v) is 12.5. The Morgan fingerprint density at radius 1 is 1.42 bits per heavy atom. The maximum atomic E-state index is 12.2. The van der Waals surface area contributed by atoms with Crippen molar-refractivity contribution in [3.63, 3.8) is 0 Å². The van der Waals surface area contributed by atoms with E-state index in [-0.39, 0.29) is 20.6 Å². The van der Waals surface area contributed by atoms with Crippen molar-refractivity contribution >= 4 is 44.9 Å². The van der Waals surface area contributed by atoms with Crippen LogP contribution in [0.1, 0.15) is 0 Å². The Morgan fingerprint density at radius 2 is 2.00 bits per heavy atom. The van der Waals surface area contributed by atoms with Crippen LogP contribution < -0.4 is 5.73 Å². The lowest BCUT2D eigenvalue weighted by Crippen LogP contribution is -2.33. The molecule has 106 valence electrons. The van der Waals surface area contributed by atoms with Crippen molar-refractivity contribution in [1.29, 1.82) is 0 Å². The monoisotopic (exact) mass is 326 g/mol. The van der Waals surface area contributed by atoms with Crippen molar-refractivity contribution < 1.29 is 17.9 Å². The molecule has 1 aromatic rings. The zero-order chi connectivity index (χ0) is 14.8. The van der Waals surface area contributed by atoms with E-state index in [9.17, 15) is 13.2 Å². The van der Waals surface area contributed by atoms with Gasteiger partial charge in [-0.15, -0.1) is 0 Å². The number of hydrogen-bond donors (Lipinski definition) is 1. The second-order valence-electron chi connectivity index (χ2n) is 3.61. The predicted molar refractivity (Wildman–Crippen MR) is 72.7 cm³/mol. The highest BCUT2D eigenvalue weighted by atomic mass is 35.5. The first-order chi connectivity index (χ1) is 8.71. The van der Waals surface area contributed by atoms with Gasteiger partial charge in [0.2, 0.25) is 10.0 Å². The number of ether oxygens (including phenoxy) is 1. The van der Waals surface area contributed by atoms with E-state index in [1.165, 1.54) is 19.2 Å². The number of anilines is 1. The maximum Gasteiger partial charge on any atom is 0.321 e. The number of nitrogens with two attached hydrogens (primary N) is 1. The number of sulfonamides is 1. The number of carbonyl (C=O) groups excluding carboxylic acids is 1. The van der Waals surface area contributed by atoms with Gasteiger partial charge in [-0.2, -0.15) is 4.31 Å². The van der Waals surface area contributed by atoms with Crippen LogP contribution in [0, 0.1) is 0 Å². The Bertz CT molecular complexity index is 604. The molecule has 0 amide bonds. The summed E-state index contributed by atoms with van der Waals surface area (Å²) in [6.07, 6.45) is 0. The number of rotatable bonds is 4. The summed E-state index contributed by atoms with van der Waals surface area (Å²) < 4.78 is 29.6. The number of halogens is 2. The molecule has 0 fully saturated rings. The van der Waals surface area contributed by atoms with Crippen LogP contribution in [-0.4, -0.2) is 39.4 Å². The normalized spacial score (nSPS) is 11.6. The fraction of sp³-hybridized carbons (Fsp3) is 0.300. The number of nitrogens with zero attached hydrogens (tertiary/aromatic N) is 1. The van der Waals surface area contributed by atoms with Crippen LogP contribution in [0.2, 0.25) is 10.0 Å². The van der Waals surface area contributed by atoms with Crippen LogP contribution in [0.15, 0.2) is 17.0 Å². The lowest BCUT2D eigenvalue weighted by Gasteiger charge is -2.17. The molecule has 2 N–H and O–H groups in total. The van der Waals surface area contributed by atoms with Gasteiger partial charge in [0.1, 0.15) is 11.4 Å². The summed E-state index contributed by atoms with van der Waals surface area (Å²) in [5.41, 5.74) is 5.54. The standard InChI is InChI=1S/C10H12Cl2N2O4S/c1-14(5-8(15)18-2)19(16,17)7-4-3-6(11)10(13)9(7)12/h3-4H,5,13H2,1-2H3. The first-order valence-electron chi connectivity index (χ1n) is 4.98. The number of likely N-dealkylation sites (N-methyl/N-ethyl adjacent to an activating group) is 1. The molecule has 0 aliphatic heterocycles.